The molecule has 2 aliphatic rings. The summed E-state index contributed by atoms with van der Waals surface area (Å²) >= 11 is 1.63. The summed E-state index contributed by atoms with van der Waals surface area (Å²) in [4.78, 5) is 38.9. The van der Waals surface area contributed by atoms with Crippen LogP contribution in [0.5, 0.6) is 0 Å². The minimum Gasteiger partial charge on any atom is -0.457 e. The van der Waals surface area contributed by atoms with Crippen molar-refractivity contribution in [3.05, 3.63) is 121 Å². The van der Waals surface area contributed by atoms with E-state index in [0.29, 0.717) is 35.2 Å². The standard InChI is InChI=1S/C28H24N2O5S/c1-17-25(28(32)35-16-18-6-3-2-4-7-18)26(19-9-11-21(12-10-19)30(33)34)27-22(29-17)14-20(15-23(27)31)24-8-5-13-36-24/h2-13,20,26,29H,14-16H2,1H3/t20-,26-/m1/s1. The predicted octanol–water partition coefficient (Wildman–Crippen LogP) is 5.76. The molecule has 182 valence electrons. The maximum atomic E-state index is 13.6. The van der Waals surface area contributed by atoms with Crippen LogP contribution in [0, 0.1) is 10.1 Å². The van der Waals surface area contributed by atoms with Gasteiger partial charge in [0.25, 0.3) is 5.69 Å². The van der Waals surface area contributed by atoms with Gasteiger partial charge >= 0.3 is 5.97 Å². The van der Waals surface area contributed by atoms with Gasteiger partial charge in [0, 0.05) is 52.2 Å². The summed E-state index contributed by atoms with van der Waals surface area (Å²) in [6, 6.07) is 19.4. The number of allylic oxidation sites excluding steroid dienone is 3. The zero-order valence-corrected chi connectivity index (χ0v) is 20.4. The number of carbonyl (C=O) groups excluding carboxylic acids is 2. The molecule has 1 aromatic heterocycles. The molecule has 0 amide bonds. The molecule has 5 rings (SSSR count). The lowest BCUT2D eigenvalue weighted by Crippen LogP contribution is -2.36. The van der Waals surface area contributed by atoms with E-state index >= 15 is 0 Å². The number of dihydropyridines is 1. The van der Waals surface area contributed by atoms with Crippen LogP contribution >= 0.6 is 11.3 Å². The Kier molecular flexibility index (Phi) is 6.52. The first-order chi connectivity index (χ1) is 17.4. The van der Waals surface area contributed by atoms with Gasteiger partial charge in [-0.15, -0.1) is 11.3 Å². The van der Waals surface area contributed by atoms with E-state index in [4.69, 9.17) is 4.74 Å². The van der Waals surface area contributed by atoms with Crippen molar-refractivity contribution in [3.63, 3.8) is 0 Å². The van der Waals surface area contributed by atoms with Crippen LogP contribution in [0.3, 0.4) is 0 Å². The first-order valence-electron chi connectivity index (χ1n) is 11.6. The minimum atomic E-state index is -0.665. The van der Waals surface area contributed by atoms with Gasteiger partial charge in [-0.2, -0.15) is 0 Å². The van der Waals surface area contributed by atoms with E-state index in [9.17, 15) is 19.7 Å². The van der Waals surface area contributed by atoms with E-state index in [0.717, 1.165) is 16.1 Å². The van der Waals surface area contributed by atoms with Crippen LogP contribution in [0.1, 0.15) is 47.6 Å². The van der Waals surface area contributed by atoms with Gasteiger partial charge in [-0.05, 0) is 35.9 Å². The van der Waals surface area contributed by atoms with Crippen LogP contribution in [0.15, 0.2) is 94.7 Å². The Hall–Kier alpha value is -4.04. The van der Waals surface area contributed by atoms with Crippen molar-refractivity contribution in [2.45, 2.75) is 38.2 Å². The smallest absolute Gasteiger partial charge is 0.337 e. The van der Waals surface area contributed by atoms with Crippen LogP contribution in [-0.4, -0.2) is 16.7 Å². The highest BCUT2D eigenvalue weighted by atomic mass is 32.1. The average molecular weight is 501 g/mol. The number of hydrogen-bond acceptors (Lipinski definition) is 7. The van der Waals surface area contributed by atoms with E-state index in [2.05, 4.69) is 5.32 Å². The fourth-order valence-corrected chi connectivity index (χ4v) is 5.79. The van der Waals surface area contributed by atoms with E-state index in [1.165, 1.54) is 12.1 Å². The van der Waals surface area contributed by atoms with Crippen molar-refractivity contribution in [2.24, 2.45) is 0 Å². The largest absolute Gasteiger partial charge is 0.457 e. The minimum absolute atomic E-state index is 0.0358. The SMILES string of the molecule is CC1=C(C(=O)OCc2ccccc2)[C@@H](c2ccc([N+](=O)[O-])cc2)C2=C(C[C@@H](c3cccs3)CC2=O)N1. The molecule has 3 aromatic rings. The number of nitro groups is 1. The maximum absolute atomic E-state index is 13.6. The maximum Gasteiger partial charge on any atom is 0.337 e. The third kappa shape index (κ3) is 4.59. The third-order valence-electron chi connectivity index (χ3n) is 6.64. The number of non-ortho nitro benzene ring substituents is 1. The number of nitrogens with one attached hydrogen (secondary N) is 1. The fraction of sp³-hybridized carbons (Fsp3) is 0.214. The highest BCUT2D eigenvalue weighted by molar-refractivity contribution is 7.10. The Labute approximate surface area is 212 Å². The molecule has 8 heteroatoms. The highest BCUT2D eigenvalue weighted by Crippen LogP contribution is 2.46. The molecule has 1 aliphatic heterocycles. The molecule has 36 heavy (non-hydrogen) atoms. The molecule has 0 bridgehead atoms. The molecule has 1 aliphatic carbocycles. The average Bonchev–Trinajstić information content (AvgIpc) is 3.42. The molecule has 0 saturated heterocycles. The first-order valence-corrected chi connectivity index (χ1v) is 12.5. The summed E-state index contributed by atoms with van der Waals surface area (Å²) in [7, 11) is 0. The number of ketones is 1. The third-order valence-corrected chi connectivity index (χ3v) is 7.68. The normalized spacial score (nSPS) is 19.5. The number of hydrogen-bond donors (Lipinski definition) is 1. The van der Waals surface area contributed by atoms with Gasteiger partial charge in [0.2, 0.25) is 0 Å². The summed E-state index contributed by atoms with van der Waals surface area (Å²) in [6.45, 7) is 1.91. The molecule has 2 heterocycles. The Morgan fingerprint density at radius 3 is 2.50 bits per heavy atom. The van der Waals surface area contributed by atoms with Crippen molar-refractivity contribution < 1.29 is 19.2 Å². The molecule has 0 radical (unpaired) electrons. The summed E-state index contributed by atoms with van der Waals surface area (Å²) < 4.78 is 5.67. The van der Waals surface area contributed by atoms with Crippen molar-refractivity contribution in [3.8, 4) is 0 Å². The predicted molar refractivity (Wildman–Crippen MR) is 136 cm³/mol. The Balaban J connectivity index is 1.52. The van der Waals surface area contributed by atoms with Crippen LogP contribution in [0.2, 0.25) is 0 Å². The quantitative estimate of drug-likeness (QED) is 0.262. The van der Waals surface area contributed by atoms with Gasteiger partial charge in [0.05, 0.1) is 10.5 Å². The molecular formula is C28H24N2O5S. The zero-order chi connectivity index (χ0) is 25.2. The number of carbonyl (C=O) groups is 2. The summed E-state index contributed by atoms with van der Waals surface area (Å²) in [6.07, 6.45) is 0.991. The van der Waals surface area contributed by atoms with Gasteiger partial charge < -0.3 is 10.1 Å². The summed E-state index contributed by atoms with van der Waals surface area (Å²) in [5, 5.41) is 16.5. The van der Waals surface area contributed by atoms with Crippen LogP contribution in [0.4, 0.5) is 5.69 Å². The van der Waals surface area contributed by atoms with Gasteiger partial charge in [0.1, 0.15) is 6.61 Å². The second-order valence-electron chi connectivity index (χ2n) is 8.94. The Morgan fingerprint density at radius 2 is 1.83 bits per heavy atom. The molecule has 0 spiro atoms. The number of Topliss-reactive ketones (excluding diaryl/α,β-unsaturated/α-hetero) is 1. The fourth-order valence-electron chi connectivity index (χ4n) is 4.96. The lowest BCUT2D eigenvalue weighted by Gasteiger charge is -2.36. The van der Waals surface area contributed by atoms with Crippen molar-refractivity contribution in [1.82, 2.24) is 5.32 Å². The lowest BCUT2D eigenvalue weighted by molar-refractivity contribution is -0.384. The van der Waals surface area contributed by atoms with Crippen LogP contribution in [-0.2, 0) is 20.9 Å². The summed E-state index contributed by atoms with van der Waals surface area (Å²) in [5.41, 5.74) is 3.74. The molecular weight excluding hydrogens is 476 g/mol. The highest BCUT2D eigenvalue weighted by Gasteiger charge is 2.41. The zero-order valence-electron chi connectivity index (χ0n) is 19.6. The van der Waals surface area contributed by atoms with E-state index < -0.39 is 16.8 Å². The van der Waals surface area contributed by atoms with Gasteiger partial charge in [0.15, 0.2) is 5.78 Å². The van der Waals surface area contributed by atoms with Crippen molar-refractivity contribution in [1.29, 1.82) is 0 Å². The number of ether oxygens (including phenoxy) is 1. The molecule has 0 unspecified atom stereocenters. The van der Waals surface area contributed by atoms with Crippen LogP contribution in [0.25, 0.3) is 0 Å². The van der Waals surface area contributed by atoms with Gasteiger partial charge in [-0.3, -0.25) is 14.9 Å². The Bertz CT molecular complexity index is 1380. The van der Waals surface area contributed by atoms with Crippen molar-refractivity contribution >= 4 is 28.8 Å². The number of rotatable bonds is 6. The molecule has 1 N–H and O–H groups in total. The number of nitrogens with zero attached hydrogens (tertiary/aromatic N) is 1. The number of thiophene rings is 1. The van der Waals surface area contributed by atoms with E-state index in [1.807, 2.05) is 47.8 Å². The summed E-state index contributed by atoms with van der Waals surface area (Å²) in [5.74, 6) is -1.15. The van der Waals surface area contributed by atoms with Gasteiger partial charge in [-0.1, -0.05) is 48.5 Å². The number of esters is 1. The van der Waals surface area contributed by atoms with E-state index in [1.54, 1.807) is 30.4 Å². The second kappa shape index (κ2) is 9.91. The number of benzene rings is 2. The Morgan fingerprint density at radius 1 is 1.08 bits per heavy atom. The first kappa shape index (κ1) is 23.7. The molecule has 2 aromatic carbocycles. The van der Waals surface area contributed by atoms with Crippen LogP contribution < -0.4 is 5.32 Å². The molecule has 0 saturated carbocycles. The van der Waals surface area contributed by atoms with E-state index in [-0.39, 0.29) is 24.0 Å². The number of nitro benzene ring substituents is 1. The monoisotopic (exact) mass is 500 g/mol. The lowest BCUT2D eigenvalue weighted by atomic mass is 9.72. The molecule has 0 fully saturated rings. The second-order valence-corrected chi connectivity index (χ2v) is 9.92. The van der Waals surface area contributed by atoms with Crippen molar-refractivity contribution in [2.75, 3.05) is 0 Å². The topological polar surface area (TPSA) is 98.5 Å². The van der Waals surface area contributed by atoms with Gasteiger partial charge in [-0.25, -0.2) is 4.79 Å². The molecule has 2 atom stereocenters. The molecule has 7 nitrogen and oxygen atoms in total.